The maximum absolute atomic E-state index is 13.3. The summed E-state index contributed by atoms with van der Waals surface area (Å²) in [6.07, 6.45) is 1.67. The molecule has 2 heterocycles. The van der Waals surface area contributed by atoms with Crippen molar-refractivity contribution in [2.45, 2.75) is 51.7 Å². The zero-order valence-electron chi connectivity index (χ0n) is 15.7. The first-order valence-corrected chi connectivity index (χ1v) is 9.09. The summed E-state index contributed by atoms with van der Waals surface area (Å²) in [6, 6.07) is 7.06. The molecule has 0 aromatic heterocycles. The van der Waals surface area contributed by atoms with Gasteiger partial charge in [-0.1, -0.05) is 32.9 Å². The van der Waals surface area contributed by atoms with Gasteiger partial charge in [-0.15, -0.1) is 0 Å². The molecule has 5 heteroatoms. The van der Waals surface area contributed by atoms with E-state index < -0.39 is 0 Å². The first-order chi connectivity index (χ1) is 11.9. The minimum atomic E-state index is -0.387. The van der Waals surface area contributed by atoms with Crippen LogP contribution in [-0.2, 0) is 9.59 Å². The quantitative estimate of drug-likeness (QED) is 0.847. The zero-order valence-corrected chi connectivity index (χ0v) is 15.7. The number of likely N-dealkylation sites (N-methyl/N-ethyl adjacent to an activating group) is 1. The van der Waals surface area contributed by atoms with Gasteiger partial charge in [0, 0.05) is 7.05 Å². The van der Waals surface area contributed by atoms with Gasteiger partial charge in [0.05, 0.1) is 13.2 Å². The lowest BCUT2D eigenvalue weighted by atomic mass is 9.79. The number of carbonyl (C=O) groups is 2. The number of hydrogen-bond acceptors (Lipinski definition) is 3. The Hall–Kier alpha value is -2.04. The first kappa shape index (κ1) is 17.8. The number of piperazine rings is 1. The van der Waals surface area contributed by atoms with Crippen molar-refractivity contribution in [2.75, 3.05) is 14.2 Å². The summed E-state index contributed by atoms with van der Waals surface area (Å²) in [5, 5.41) is 0. The standard InChI is InChI=1S/C20H28N2O3/c1-12(2)17-20(24)22-16(19(23)21(17)4)10-9-13(3)18(22)14-7-6-8-15(11-14)25-5/h6-8,11-13,16-18H,9-10H2,1-5H3/t13-,16-,17-,18-/m0/s1. The summed E-state index contributed by atoms with van der Waals surface area (Å²) in [7, 11) is 3.41. The number of amides is 2. The van der Waals surface area contributed by atoms with Gasteiger partial charge in [0.15, 0.2) is 0 Å². The highest BCUT2D eigenvalue weighted by atomic mass is 16.5. The van der Waals surface area contributed by atoms with Gasteiger partial charge in [-0.2, -0.15) is 0 Å². The maximum Gasteiger partial charge on any atom is 0.246 e. The number of hydrogen-bond donors (Lipinski definition) is 0. The average Bonchev–Trinajstić information content (AvgIpc) is 2.59. The number of rotatable bonds is 3. The van der Waals surface area contributed by atoms with Gasteiger partial charge in [-0.3, -0.25) is 9.59 Å². The van der Waals surface area contributed by atoms with Crippen molar-refractivity contribution in [2.24, 2.45) is 11.8 Å². The van der Waals surface area contributed by atoms with E-state index in [1.165, 1.54) is 0 Å². The molecule has 5 nitrogen and oxygen atoms in total. The van der Waals surface area contributed by atoms with E-state index in [2.05, 4.69) is 6.92 Å². The van der Waals surface area contributed by atoms with Crippen LogP contribution in [0.25, 0.3) is 0 Å². The van der Waals surface area contributed by atoms with E-state index in [9.17, 15) is 9.59 Å². The molecule has 2 aliphatic rings. The topological polar surface area (TPSA) is 49.9 Å². The number of methoxy groups -OCH3 is 1. The summed E-state index contributed by atoms with van der Waals surface area (Å²) in [5.41, 5.74) is 1.05. The molecular formula is C20H28N2O3. The molecule has 3 rings (SSSR count). The second kappa shape index (κ2) is 6.70. The molecule has 0 radical (unpaired) electrons. The molecule has 2 saturated heterocycles. The van der Waals surface area contributed by atoms with E-state index in [1.54, 1.807) is 19.1 Å². The second-order valence-corrected chi connectivity index (χ2v) is 7.68. The van der Waals surface area contributed by atoms with Crippen molar-refractivity contribution < 1.29 is 14.3 Å². The Morgan fingerprint density at radius 2 is 1.88 bits per heavy atom. The normalized spacial score (nSPS) is 29.8. The fourth-order valence-corrected chi connectivity index (χ4v) is 4.46. The lowest BCUT2D eigenvalue weighted by Crippen LogP contribution is -2.67. The number of piperidine rings is 1. The van der Waals surface area contributed by atoms with Crippen LogP contribution in [0, 0.1) is 11.8 Å². The van der Waals surface area contributed by atoms with E-state index in [0.29, 0.717) is 5.92 Å². The van der Waals surface area contributed by atoms with Gasteiger partial charge in [-0.25, -0.2) is 0 Å². The highest BCUT2D eigenvalue weighted by Crippen LogP contribution is 2.43. The lowest BCUT2D eigenvalue weighted by molar-refractivity contribution is -0.170. The van der Waals surface area contributed by atoms with E-state index in [-0.39, 0.29) is 35.9 Å². The van der Waals surface area contributed by atoms with Crippen LogP contribution in [-0.4, -0.2) is 47.9 Å². The Bertz CT molecular complexity index is 673. The lowest BCUT2D eigenvalue weighted by Gasteiger charge is -2.52. The highest BCUT2D eigenvalue weighted by molar-refractivity contribution is 5.97. The Balaban J connectivity index is 2.05. The van der Waals surface area contributed by atoms with Gasteiger partial charge in [0.25, 0.3) is 0 Å². The second-order valence-electron chi connectivity index (χ2n) is 7.68. The van der Waals surface area contributed by atoms with Crippen LogP contribution in [0.3, 0.4) is 0 Å². The van der Waals surface area contributed by atoms with Crippen LogP contribution in [0.15, 0.2) is 24.3 Å². The van der Waals surface area contributed by atoms with E-state index >= 15 is 0 Å². The Labute approximate surface area is 149 Å². The Morgan fingerprint density at radius 3 is 2.52 bits per heavy atom. The Kier molecular flexibility index (Phi) is 4.76. The number of carbonyl (C=O) groups excluding carboxylic acids is 2. The number of nitrogens with zero attached hydrogens (tertiary/aromatic N) is 2. The predicted octanol–water partition coefficient (Wildman–Crippen LogP) is 2.86. The van der Waals surface area contributed by atoms with Gasteiger partial charge in [0.2, 0.25) is 11.8 Å². The van der Waals surface area contributed by atoms with Crippen LogP contribution in [0.1, 0.15) is 45.2 Å². The van der Waals surface area contributed by atoms with Gasteiger partial charge in [-0.05, 0) is 42.4 Å². The zero-order chi connectivity index (χ0) is 18.3. The van der Waals surface area contributed by atoms with Crippen molar-refractivity contribution in [3.8, 4) is 5.75 Å². The third kappa shape index (κ3) is 2.90. The van der Waals surface area contributed by atoms with E-state index in [4.69, 9.17) is 4.74 Å². The third-order valence-electron chi connectivity index (χ3n) is 5.69. The molecule has 0 spiro atoms. The highest BCUT2D eigenvalue weighted by Gasteiger charge is 2.51. The molecule has 1 aromatic carbocycles. The van der Waals surface area contributed by atoms with Crippen LogP contribution >= 0.6 is 0 Å². The van der Waals surface area contributed by atoms with Crippen LogP contribution < -0.4 is 4.74 Å². The summed E-state index contributed by atoms with van der Waals surface area (Å²) in [6.45, 7) is 6.17. The van der Waals surface area contributed by atoms with Crippen molar-refractivity contribution in [1.29, 1.82) is 0 Å². The summed E-state index contributed by atoms with van der Waals surface area (Å²) < 4.78 is 5.36. The predicted molar refractivity (Wildman–Crippen MR) is 96.2 cm³/mol. The van der Waals surface area contributed by atoms with E-state index in [0.717, 1.165) is 24.2 Å². The average molecular weight is 344 g/mol. The molecule has 136 valence electrons. The summed E-state index contributed by atoms with van der Waals surface area (Å²) >= 11 is 0. The maximum atomic E-state index is 13.3. The molecular weight excluding hydrogens is 316 g/mol. The number of ether oxygens (including phenoxy) is 1. The molecule has 25 heavy (non-hydrogen) atoms. The molecule has 0 N–H and O–H groups in total. The molecule has 4 atom stereocenters. The molecule has 2 aliphatic heterocycles. The molecule has 0 unspecified atom stereocenters. The van der Waals surface area contributed by atoms with Crippen molar-refractivity contribution in [1.82, 2.24) is 9.80 Å². The Morgan fingerprint density at radius 1 is 1.16 bits per heavy atom. The first-order valence-electron chi connectivity index (χ1n) is 9.09. The minimum Gasteiger partial charge on any atom is -0.497 e. The van der Waals surface area contributed by atoms with Crippen LogP contribution in [0.2, 0.25) is 0 Å². The van der Waals surface area contributed by atoms with Crippen LogP contribution in [0.5, 0.6) is 5.75 Å². The van der Waals surface area contributed by atoms with Gasteiger partial charge in [0.1, 0.15) is 17.8 Å². The van der Waals surface area contributed by atoms with Crippen molar-refractivity contribution in [3.05, 3.63) is 29.8 Å². The SMILES string of the molecule is COc1cccc([C@@H]2[C@@H](C)CC[C@H]3C(=O)N(C)[C@@H](C(C)C)C(=O)N23)c1. The number of fused-ring (bicyclic) bond motifs is 1. The fraction of sp³-hybridized carbons (Fsp3) is 0.600. The molecule has 0 aliphatic carbocycles. The van der Waals surface area contributed by atoms with Crippen molar-refractivity contribution >= 4 is 11.8 Å². The van der Waals surface area contributed by atoms with E-state index in [1.807, 2.05) is 43.0 Å². The summed E-state index contributed by atoms with van der Waals surface area (Å²) in [4.78, 5) is 29.8. The molecule has 2 amide bonds. The largest absolute Gasteiger partial charge is 0.497 e. The van der Waals surface area contributed by atoms with Gasteiger partial charge >= 0.3 is 0 Å². The van der Waals surface area contributed by atoms with Gasteiger partial charge < -0.3 is 14.5 Å². The third-order valence-corrected chi connectivity index (χ3v) is 5.69. The fourth-order valence-electron chi connectivity index (χ4n) is 4.46. The molecule has 2 fully saturated rings. The minimum absolute atomic E-state index is 0.0677. The van der Waals surface area contributed by atoms with Crippen molar-refractivity contribution in [3.63, 3.8) is 0 Å². The summed E-state index contributed by atoms with van der Waals surface area (Å²) in [5.74, 6) is 1.31. The molecule has 0 saturated carbocycles. The number of benzene rings is 1. The molecule has 1 aromatic rings. The van der Waals surface area contributed by atoms with Crippen LogP contribution in [0.4, 0.5) is 0 Å². The molecule has 0 bridgehead atoms. The monoisotopic (exact) mass is 344 g/mol. The smallest absolute Gasteiger partial charge is 0.246 e.